The van der Waals surface area contributed by atoms with Crippen molar-refractivity contribution in [1.82, 2.24) is 15.5 Å². The Bertz CT molecular complexity index is 1200. The molecule has 4 rings (SSSR count). The van der Waals surface area contributed by atoms with Gasteiger partial charge in [0, 0.05) is 38.1 Å². The van der Waals surface area contributed by atoms with Crippen LogP contribution < -0.4 is 24.8 Å². The van der Waals surface area contributed by atoms with Crippen molar-refractivity contribution in [3.05, 3.63) is 53.6 Å². The highest BCUT2D eigenvalue weighted by Crippen LogP contribution is 2.30. The van der Waals surface area contributed by atoms with Gasteiger partial charge in [-0.05, 0) is 61.1 Å². The summed E-state index contributed by atoms with van der Waals surface area (Å²) in [6, 6.07) is 14.1. The van der Waals surface area contributed by atoms with Gasteiger partial charge in [0.05, 0.1) is 39.1 Å². The van der Waals surface area contributed by atoms with E-state index in [-0.39, 0.29) is 32.0 Å². The molecule has 0 bridgehead atoms. The molecule has 1 aliphatic heterocycles. The summed E-state index contributed by atoms with van der Waals surface area (Å²) < 4.78 is 28.8. The number of carbonyl (C=O) groups is 1. The summed E-state index contributed by atoms with van der Waals surface area (Å²) in [5.41, 5.74) is 2.12. The summed E-state index contributed by atoms with van der Waals surface area (Å²) in [5, 5.41) is 25.9. The highest BCUT2D eigenvalue weighted by molar-refractivity contribution is 5.67. The highest BCUT2D eigenvalue weighted by atomic mass is 16.5. The molecule has 2 aliphatic rings. The van der Waals surface area contributed by atoms with Crippen LogP contribution in [0.15, 0.2) is 42.5 Å². The number of rotatable bonds is 19. The quantitative estimate of drug-likeness (QED) is 0.166. The zero-order valence-electron chi connectivity index (χ0n) is 28.3. The number of likely N-dealkylation sites (tertiary alicyclic amines) is 1. The maximum absolute atomic E-state index is 12.1. The Kier molecular flexibility index (Phi) is 15.4. The fourth-order valence-electron chi connectivity index (χ4n) is 6.08. The van der Waals surface area contributed by atoms with Gasteiger partial charge < -0.3 is 44.5 Å². The first-order valence-electron chi connectivity index (χ1n) is 17.2. The number of hydrogen-bond acceptors (Lipinski definition) is 10. The highest BCUT2D eigenvalue weighted by Gasteiger charge is 2.34. The molecule has 2 aromatic rings. The van der Waals surface area contributed by atoms with Crippen molar-refractivity contribution < 1.29 is 38.7 Å². The van der Waals surface area contributed by atoms with Gasteiger partial charge in [-0.25, -0.2) is 4.79 Å². The van der Waals surface area contributed by atoms with Crippen molar-refractivity contribution in [1.29, 1.82) is 0 Å². The SMILES string of the molecule is COc1cc(CCO[C@H]2CCCCC2N2CC[C@@H](O)C2)ccc1OCCNC(=O)OCCc1ccc(OCC(O)CNC(C)C)cc1. The Balaban J connectivity index is 1.09. The van der Waals surface area contributed by atoms with Gasteiger partial charge in [-0.2, -0.15) is 0 Å². The van der Waals surface area contributed by atoms with Gasteiger partial charge in [0.1, 0.15) is 25.1 Å². The van der Waals surface area contributed by atoms with E-state index in [9.17, 15) is 15.0 Å². The molecule has 2 fully saturated rings. The summed E-state index contributed by atoms with van der Waals surface area (Å²) in [6.07, 6.45) is 5.77. The molecule has 1 heterocycles. The minimum absolute atomic E-state index is 0.206. The number of aliphatic hydroxyl groups is 2. The maximum Gasteiger partial charge on any atom is 0.407 e. The molecule has 0 aromatic heterocycles. The van der Waals surface area contributed by atoms with Crippen LogP contribution in [0.25, 0.3) is 0 Å². The molecule has 4 N–H and O–H groups in total. The van der Waals surface area contributed by atoms with E-state index in [0.717, 1.165) is 49.9 Å². The molecule has 1 aliphatic carbocycles. The van der Waals surface area contributed by atoms with Gasteiger partial charge in [-0.1, -0.05) is 44.9 Å². The van der Waals surface area contributed by atoms with E-state index < -0.39 is 12.2 Å². The summed E-state index contributed by atoms with van der Waals surface area (Å²) in [4.78, 5) is 14.6. The Morgan fingerprint density at radius 3 is 2.47 bits per heavy atom. The van der Waals surface area contributed by atoms with Crippen LogP contribution in [0, 0.1) is 0 Å². The number of aliphatic hydroxyl groups excluding tert-OH is 2. The molecule has 262 valence electrons. The smallest absolute Gasteiger partial charge is 0.407 e. The molecule has 2 unspecified atom stereocenters. The van der Waals surface area contributed by atoms with Crippen LogP contribution in [0.5, 0.6) is 17.2 Å². The van der Waals surface area contributed by atoms with Crippen LogP contribution in [0.2, 0.25) is 0 Å². The topological polar surface area (TPSA) is 131 Å². The number of hydrogen-bond donors (Lipinski definition) is 4. The summed E-state index contributed by atoms with van der Waals surface area (Å²) in [7, 11) is 1.62. The minimum atomic E-state index is -0.579. The molecular formula is C36H55N3O8. The average molecular weight is 658 g/mol. The van der Waals surface area contributed by atoms with Gasteiger partial charge in [0.2, 0.25) is 0 Å². The summed E-state index contributed by atoms with van der Waals surface area (Å²) in [6.45, 7) is 7.91. The van der Waals surface area contributed by atoms with E-state index in [2.05, 4.69) is 15.5 Å². The third-order valence-corrected chi connectivity index (χ3v) is 8.66. The van der Waals surface area contributed by atoms with E-state index in [1.54, 1.807) is 7.11 Å². The number of nitrogens with zero attached hydrogens (tertiary/aromatic N) is 1. The van der Waals surface area contributed by atoms with E-state index >= 15 is 0 Å². The Morgan fingerprint density at radius 1 is 0.957 bits per heavy atom. The standard InChI is InChI=1S/C36H55N3O8/c1-26(2)38-23-30(41)25-47-31-11-8-27(9-12-31)15-20-46-36(42)37-17-21-45-34-13-10-28(22-35(34)43-3)16-19-44-33-7-5-4-6-32(33)39-18-14-29(40)24-39/h8-13,22,26,29-30,32-33,38,40-41H,4-7,14-21,23-25H2,1-3H3,(H,37,42)/t29-,30?,32?,33+/m1/s1. The lowest BCUT2D eigenvalue weighted by molar-refractivity contribution is -0.0316. The maximum atomic E-state index is 12.1. The fraction of sp³-hybridized carbons (Fsp3) is 0.639. The van der Waals surface area contributed by atoms with Crippen molar-refractivity contribution in [2.45, 2.75) is 89.2 Å². The lowest BCUT2D eigenvalue weighted by Crippen LogP contribution is -2.46. The van der Waals surface area contributed by atoms with Crippen molar-refractivity contribution >= 4 is 6.09 Å². The number of carbonyl (C=O) groups excluding carboxylic acids is 1. The van der Waals surface area contributed by atoms with Crippen molar-refractivity contribution in [3.63, 3.8) is 0 Å². The molecular weight excluding hydrogens is 602 g/mol. The lowest BCUT2D eigenvalue weighted by Gasteiger charge is -2.37. The average Bonchev–Trinajstić information content (AvgIpc) is 3.51. The number of nitrogens with one attached hydrogen (secondary N) is 2. The molecule has 1 amide bonds. The normalized spacial score (nSPS) is 20.6. The van der Waals surface area contributed by atoms with Crippen molar-refractivity contribution in [3.8, 4) is 17.2 Å². The minimum Gasteiger partial charge on any atom is -0.493 e. The first-order chi connectivity index (χ1) is 22.8. The molecule has 1 saturated heterocycles. The second-order valence-corrected chi connectivity index (χ2v) is 12.8. The first-order valence-corrected chi connectivity index (χ1v) is 17.2. The fourth-order valence-corrected chi connectivity index (χ4v) is 6.08. The summed E-state index contributed by atoms with van der Waals surface area (Å²) >= 11 is 0. The molecule has 0 radical (unpaired) electrons. The number of methoxy groups -OCH3 is 1. The van der Waals surface area contributed by atoms with Crippen molar-refractivity contribution in [2.75, 3.05) is 59.7 Å². The number of β-amino-alcohol motifs (C(OH)–C–C–N with tert-alkyl or cyclic N) is 1. The third-order valence-electron chi connectivity index (χ3n) is 8.66. The Hall–Kier alpha value is -3.09. The lowest BCUT2D eigenvalue weighted by atomic mass is 9.91. The molecule has 11 heteroatoms. The van der Waals surface area contributed by atoms with Crippen LogP contribution >= 0.6 is 0 Å². The van der Waals surface area contributed by atoms with Crippen molar-refractivity contribution in [2.24, 2.45) is 0 Å². The second-order valence-electron chi connectivity index (χ2n) is 12.8. The third kappa shape index (κ3) is 12.8. The van der Waals surface area contributed by atoms with Crippen LogP contribution in [-0.4, -0.2) is 111 Å². The largest absolute Gasteiger partial charge is 0.493 e. The van der Waals surface area contributed by atoms with Crippen LogP contribution in [0.3, 0.4) is 0 Å². The van der Waals surface area contributed by atoms with Gasteiger partial charge in [-0.3, -0.25) is 4.90 Å². The molecule has 47 heavy (non-hydrogen) atoms. The second kappa shape index (κ2) is 19.7. The molecule has 2 aromatic carbocycles. The number of ether oxygens (including phenoxy) is 5. The zero-order chi connectivity index (χ0) is 33.4. The van der Waals surface area contributed by atoms with E-state index in [0.29, 0.717) is 55.4 Å². The van der Waals surface area contributed by atoms with E-state index in [1.165, 1.54) is 12.8 Å². The van der Waals surface area contributed by atoms with Crippen LogP contribution in [0.4, 0.5) is 4.79 Å². The van der Waals surface area contributed by atoms with Gasteiger partial charge in [0.25, 0.3) is 0 Å². The Labute approximate surface area is 279 Å². The number of amides is 1. The predicted octanol–water partition coefficient (Wildman–Crippen LogP) is 3.72. The van der Waals surface area contributed by atoms with Gasteiger partial charge >= 0.3 is 6.09 Å². The Morgan fingerprint density at radius 2 is 1.72 bits per heavy atom. The number of alkyl carbamates (subject to hydrolysis) is 1. The van der Waals surface area contributed by atoms with E-state index in [1.807, 2.05) is 56.3 Å². The van der Waals surface area contributed by atoms with Gasteiger partial charge in [0.15, 0.2) is 11.5 Å². The number of benzene rings is 2. The molecule has 11 nitrogen and oxygen atoms in total. The zero-order valence-corrected chi connectivity index (χ0v) is 28.3. The van der Waals surface area contributed by atoms with Crippen LogP contribution in [0.1, 0.15) is 57.1 Å². The predicted molar refractivity (Wildman–Crippen MR) is 181 cm³/mol. The van der Waals surface area contributed by atoms with Gasteiger partial charge in [-0.15, -0.1) is 0 Å². The van der Waals surface area contributed by atoms with Crippen LogP contribution in [-0.2, 0) is 22.3 Å². The molecule has 4 atom stereocenters. The monoisotopic (exact) mass is 657 g/mol. The summed E-state index contributed by atoms with van der Waals surface area (Å²) in [5.74, 6) is 1.93. The first kappa shape index (κ1) is 36.7. The molecule has 0 spiro atoms. The van der Waals surface area contributed by atoms with E-state index in [4.69, 9.17) is 23.7 Å². The molecule has 1 saturated carbocycles.